The molecule has 0 saturated heterocycles. The number of ketones is 1. The van der Waals surface area contributed by atoms with Crippen LogP contribution in [-0.4, -0.2) is 25.8 Å². The molecule has 0 spiro atoms. The second-order valence-electron chi connectivity index (χ2n) is 5.49. The number of halogens is 1. The third kappa shape index (κ3) is 3.36. The summed E-state index contributed by atoms with van der Waals surface area (Å²) in [6.07, 6.45) is 4.53. The van der Waals surface area contributed by atoms with Gasteiger partial charge in [0.15, 0.2) is 10.9 Å². The van der Waals surface area contributed by atoms with Gasteiger partial charge in [0.05, 0.1) is 5.25 Å². The number of aromatic nitrogens is 3. The fourth-order valence-electron chi connectivity index (χ4n) is 2.61. The zero-order valence-corrected chi connectivity index (χ0v) is 14.0. The lowest BCUT2D eigenvalue weighted by Gasteiger charge is -2.11. The lowest BCUT2D eigenvalue weighted by atomic mass is 10.1. The van der Waals surface area contributed by atoms with Gasteiger partial charge >= 0.3 is 0 Å². The summed E-state index contributed by atoms with van der Waals surface area (Å²) in [7, 11) is 0. The molecule has 0 radical (unpaired) electrons. The Balaban J connectivity index is 1.74. The van der Waals surface area contributed by atoms with Crippen LogP contribution in [0.3, 0.4) is 0 Å². The van der Waals surface area contributed by atoms with Crippen molar-refractivity contribution in [1.82, 2.24) is 14.8 Å². The number of carbonyl (C=O) groups excluding carboxylic acids is 1. The van der Waals surface area contributed by atoms with Crippen molar-refractivity contribution < 1.29 is 4.79 Å². The van der Waals surface area contributed by atoms with Crippen LogP contribution < -0.4 is 0 Å². The van der Waals surface area contributed by atoms with Gasteiger partial charge in [0.2, 0.25) is 0 Å². The maximum atomic E-state index is 12.5. The molecule has 2 heterocycles. The minimum atomic E-state index is -0.197. The first-order chi connectivity index (χ1) is 10.6. The summed E-state index contributed by atoms with van der Waals surface area (Å²) in [6, 6.07) is 7.03. The Labute approximate surface area is 139 Å². The molecule has 0 N–H and O–H groups in total. The van der Waals surface area contributed by atoms with E-state index < -0.39 is 0 Å². The molecule has 22 heavy (non-hydrogen) atoms. The third-order valence-corrected chi connectivity index (χ3v) is 5.19. The zero-order valence-electron chi connectivity index (χ0n) is 12.5. The Morgan fingerprint density at radius 3 is 2.77 bits per heavy atom. The van der Waals surface area contributed by atoms with Crippen molar-refractivity contribution in [3.63, 3.8) is 0 Å². The van der Waals surface area contributed by atoms with Crippen LogP contribution in [0.2, 0.25) is 5.02 Å². The quantitative estimate of drug-likeness (QED) is 0.625. The lowest BCUT2D eigenvalue weighted by molar-refractivity contribution is 0.0994. The predicted molar refractivity (Wildman–Crippen MR) is 88.7 cm³/mol. The van der Waals surface area contributed by atoms with Crippen molar-refractivity contribution in [3.8, 4) is 0 Å². The number of thioether (sulfide) groups is 1. The predicted octanol–water partition coefficient (Wildman–Crippen LogP) is 4.02. The number of nitrogens with zero attached hydrogens (tertiary/aromatic N) is 3. The van der Waals surface area contributed by atoms with Gasteiger partial charge in [-0.1, -0.05) is 29.8 Å². The van der Waals surface area contributed by atoms with Gasteiger partial charge in [-0.15, -0.1) is 10.2 Å². The van der Waals surface area contributed by atoms with Gasteiger partial charge in [-0.05, 0) is 44.0 Å². The fraction of sp³-hybridized carbons (Fsp3) is 0.438. The van der Waals surface area contributed by atoms with Crippen LogP contribution in [-0.2, 0) is 13.0 Å². The van der Waals surface area contributed by atoms with Gasteiger partial charge in [0.25, 0.3) is 0 Å². The normalized spacial score (nSPS) is 15.9. The summed E-state index contributed by atoms with van der Waals surface area (Å²) in [5.74, 6) is 1.14. The van der Waals surface area contributed by atoms with Crippen LogP contribution in [0.15, 0.2) is 29.4 Å². The average molecular weight is 336 g/mol. The summed E-state index contributed by atoms with van der Waals surface area (Å²) in [5.41, 5.74) is 0.681. The molecule has 1 aromatic heterocycles. The highest BCUT2D eigenvalue weighted by Crippen LogP contribution is 2.27. The molecule has 1 aliphatic rings. The van der Waals surface area contributed by atoms with Gasteiger partial charge in [-0.2, -0.15) is 0 Å². The number of carbonyl (C=O) groups is 1. The molecule has 0 saturated carbocycles. The molecule has 0 fully saturated rings. The van der Waals surface area contributed by atoms with E-state index in [1.54, 1.807) is 24.3 Å². The molecule has 0 amide bonds. The smallest absolute Gasteiger partial charge is 0.191 e. The molecular formula is C16H18ClN3OS. The standard InChI is InChI=1S/C16H18ClN3OS/c1-11(15(21)12-6-8-13(17)9-7-12)22-16-19-18-14-5-3-2-4-10-20(14)16/h6-9,11H,2-5,10H2,1H3. The summed E-state index contributed by atoms with van der Waals surface area (Å²) < 4.78 is 2.17. The third-order valence-electron chi connectivity index (χ3n) is 3.86. The Bertz CT molecular complexity index is 669. The maximum absolute atomic E-state index is 12.5. The molecule has 0 aliphatic carbocycles. The van der Waals surface area contributed by atoms with Crippen LogP contribution in [0, 0.1) is 0 Å². The first kappa shape index (κ1) is 15.6. The van der Waals surface area contributed by atoms with Crippen LogP contribution in [0.25, 0.3) is 0 Å². The topological polar surface area (TPSA) is 47.8 Å². The zero-order chi connectivity index (χ0) is 15.5. The van der Waals surface area contributed by atoms with E-state index in [1.165, 1.54) is 24.6 Å². The SMILES string of the molecule is CC(Sc1nnc2n1CCCCC2)C(=O)c1ccc(Cl)cc1. The fourth-order valence-corrected chi connectivity index (χ4v) is 3.70. The molecular weight excluding hydrogens is 318 g/mol. The minimum Gasteiger partial charge on any atom is -0.306 e. The number of hydrogen-bond donors (Lipinski definition) is 0. The lowest BCUT2D eigenvalue weighted by Crippen LogP contribution is -2.15. The first-order valence-electron chi connectivity index (χ1n) is 7.53. The number of rotatable bonds is 4. The van der Waals surface area contributed by atoms with Gasteiger partial charge in [-0.25, -0.2) is 0 Å². The minimum absolute atomic E-state index is 0.0904. The molecule has 1 unspecified atom stereocenters. The number of fused-ring (bicyclic) bond motifs is 1. The number of Topliss-reactive ketones (excluding diaryl/α,β-unsaturated/α-hetero) is 1. The van der Waals surface area contributed by atoms with Gasteiger partial charge in [0.1, 0.15) is 5.82 Å². The highest BCUT2D eigenvalue weighted by atomic mass is 35.5. The molecule has 6 heteroatoms. The molecule has 1 aromatic carbocycles. The van der Waals surface area contributed by atoms with E-state index in [0.717, 1.165) is 30.4 Å². The van der Waals surface area contributed by atoms with E-state index in [1.807, 2.05) is 6.92 Å². The number of hydrogen-bond acceptors (Lipinski definition) is 4. The molecule has 2 aromatic rings. The van der Waals surface area contributed by atoms with Crippen molar-refractivity contribution in [2.75, 3.05) is 0 Å². The van der Waals surface area contributed by atoms with E-state index >= 15 is 0 Å². The second-order valence-corrected chi connectivity index (χ2v) is 7.24. The monoisotopic (exact) mass is 335 g/mol. The van der Waals surface area contributed by atoms with Gasteiger partial charge < -0.3 is 4.57 Å². The second kappa shape index (κ2) is 6.84. The van der Waals surface area contributed by atoms with Crippen molar-refractivity contribution in [2.45, 2.75) is 49.6 Å². The molecule has 116 valence electrons. The van der Waals surface area contributed by atoms with Gasteiger partial charge in [0, 0.05) is 23.6 Å². The van der Waals surface area contributed by atoms with E-state index in [4.69, 9.17) is 11.6 Å². The van der Waals surface area contributed by atoms with E-state index in [9.17, 15) is 4.79 Å². The number of aryl methyl sites for hydroxylation is 1. The van der Waals surface area contributed by atoms with Crippen LogP contribution in [0.4, 0.5) is 0 Å². The molecule has 1 aliphatic heterocycles. The Morgan fingerprint density at radius 2 is 2.00 bits per heavy atom. The summed E-state index contributed by atoms with van der Waals surface area (Å²) in [6.45, 7) is 2.87. The van der Waals surface area contributed by atoms with Crippen molar-refractivity contribution in [1.29, 1.82) is 0 Å². The van der Waals surface area contributed by atoms with E-state index in [-0.39, 0.29) is 11.0 Å². The van der Waals surface area contributed by atoms with Crippen molar-refractivity contribution in [3.05, 3.63) is 40.7 Å². The van der Waals surface area contributed by atoms with Crippen LogP contribution >= 0.6 is 23.4 Å². The Morgan fingerprint density at radius 1 is 1.23 bits per heavy atom. The maximum Gasteiger partial charge on any atom is 0.191 e. The van der Waals surface area contributed by atoms with Crippen LogP contribution in [0.5, 0.6) is 0 Å². The van der Waals surface area contributed by atoms with Crippen LogP contribution in [0.1, 0.15) is 42.4 Å². The molecule has 4 nitrogen and oxygen atoms in total. The largest absolute Gasteiger partial charge is 0.306 e. The number of benzene rings is 1. The molecule has 0 bridgehead atoms. The Kier molecular flexibility index (Phi) is 4.84. The highest BCUT2D eigenvalue weighted by Gasteiger charge is 2.21. The van der Waals surface area contributed by atoms with Crippen molar-refractivity contribution >= 4 is 29.1 Å². The highest BCUT2D eigenvalue weighted by molar-refractivity contribution is 8.00. The Hall–Kier alpha value is -1.33. The summed E-state index contributed by atoms with van der Waals surface area (Å²) in [4.78, 5) is 12.5. The summed E-state index contributed by atoms with van der Waals surface area (Å²) >= 11 is 7.36. The van der Waals surface area contributed by atoms with Crippen molar-refractivity contribution in [2.24, 2.45) is 0 Å². The molecule has 3 rings (SSSR count). The average Bonchev–Trinajstić information content (AvgIpc) is 2.75. The summed E-state index contributed by atoms with van der Waals surface area (Å²) in [5, 5.41) is 9.84. The van der Waals surface area contributed by atoms with E-state index in [0.29, 0.717) is 10.6 Å². The van der Waals surface area contributed by atoms with Gasteiger partial charge in [-0.3, -0.25) is 4.79 Å². The first-order valence-corrected chi connectivity index (χ1v) is 8.79. The van der Waals surface area contributed by atoms with E-state index in [2.05, 4.69) is 14.8 Å². The molecule has 1 atom stereocenters.